The van der Waals surface area contributed by atoms with Gasteiger partial charge < -0.3 is 9.47 Å². The Morgan fingerprint density at radius 2 is 2.00 bits per heavy atom. The van der Waals surface area contributed by atoms with Gasteiger partial charge in [-0.3, -0.25) is 9.59 Å². The lowest BCUT2D eigenvalue weighted by atomic mass is 9.59. The van der Waals surface area contributed by atoms with E-state index in [9.17, 15) is 14.4 Å². The van der Waals surface area contributed by atoms with Crippen LogP contribution in [0.25, 0.3) is 0 Å². The molecule has 0 heterocycles. The Bertz CT molecular complexity index is 479. The Balaban J connectivity index is 2.33. The minimum Gasteiger partial charge on any atom is -0.465 e. The van der Waals surface area contributed by atoms with Gasteiger partial charge in [0.25, 0.3) is 0 Å². The zero-order chi connectivity index (χ0) is 15.5. The minimum atomic E-state index is -1.18. The highest BCUT2D eigenvalue weighted by atomic mass is 16.5. The molecule has 0 saturated heterocycles. The molecule has 0 aromatic heterocycles. The van der Waals surface area contributed by atoms with E-state index in [0.29, 0.717) is 18.4 Å². The predicted molar refractivity (Wildman–Crippen MR) is 75.4 cm³/mol. The van der Waals surface area contributed by atoms with Crippen molar-refractivity contribution >= 4 is 17.7 Å². The fourth-order valence-corrected chi connectivity index (χ4v) is 3.42. The van der Waals surface area contributed by atoms with Crippen LogP contribution in [0.2, 0.25) is 0 Å². The number of hydrogen-bond acceptors (Lipinski definition) is 5. The van der Waals surface area contributed by atoms with E-state index in [1.807, 2.05) is 6.08 Å². The summed E-state index contributed by atoms with van der Waals surface area (Å²) >= 11 is 0. The summed E-state index contributed by atoms with van der Waals surface area (Å²) in [5, 5.41) is 0. The van der Waals surface area contributed by atoms with E-state index in [1.165, 1.54) is 0 Å². The van der Waals surface area contributed by atoms with E-state index in [2.05, 4.69) is 0 Å². The molecule has 2 aliphatic carbocycles. The number of ether oxygens (including phenoxy) is 2. The van der Waals surface area contributed by atoms with Gasteiger partial charge in [-0.15, -0.1) is 0 Å². The number of carbonyl (C=O) groups excluding carboxylic acids is 3. The van der Waals surface area contributed by atoms with Gasteiger partial charge in [0.1, 0.15) is 5.41 Å². The lowest BCUT2D eigenvalue weighted by Crippen LogP contribution is -2.51. The van der Waals surface area contributed by atoms with Crippen molar-refractivity contribution in [2.24, 2.45) is 11.3 Å². The third-order valence-corrected chi connectivity index (χ3v) is 4.45. The zero-order valence-corrected chi connectivity index (χ0v) is 12.6. The Kier molecular flexibility index (Phi) is 4.80. The SMILES string of the molecule is CCOC(=O)C1=CC[C@H]2CCCC(=O)[C@@]2(C(=O)OCC)C1. The molecule has 0 amide bonds. The van der Waals surface area contributed by atoms with Crippen molar-refractivity contribution in [3.8, 4) is 0 Å². The van der Waals surface area contributed by atoms with Gasteiger partial charge in [0.2, 0.25) is 0 Å². The van der Waals surface area contributed by atoms with Gasteiger partial charge in [-0.05, 0) is 39.0 Å². The maximum Gasteiger partial charge on any atom is 0.333 e. The first-order chi connectivity index (χ1) is 10.1. The first kappa shape index (κ1) is 15.7. The topological polar surface area (TPSA) is 69.7 Å². The fourth-order valence-electron chi connectivity index (χ4n) is 3.42. The third-order valence-electron chi connectivity index (χ3n) is 4.45. The molecule has 0 spiro atoms. The summed E-state index contributed by atoms with van der Waals surface area (Å²) in [5.41, 5.74) is -0.748. The molecule has 21 heavy (non-hydrogen) atoms. The number of Topliss-reactive ketones (excluding diaryl/α,β-unsaturated/α-hetero) is 1. The van der Waals surface area contributed by atoms with Crippen LogP contribution in [-0.2, 0) is 23.9 Å². The molecule has 0 aliphatic heterocycles. The van der Waals surface area contributed by atoms with Gasteiger partial charge >= 0.3 is 11.9 Å². The molecule has 0 N–H and O–H groups in total. The molecule has 2 rings (SSSR count). The van der Waals surface area contributed by atoms with E-state index in [4.69, 9.17) is 9.47 Å². The summed E-state index contributed by atoms with van der Waals surface area (Å²) < 4.78 is 10.2. The second-order valence-corrected chi connectivity index (χ2v) is 5.57. The summed E-state index contributed by atoms with van der Waals surface area (Å²) in [7, 11) is 0. The lowest BCUT2D eigenvalue weighted by molar-refractivity contribution is -0.167. The molecule has 5 nitrogen and oxygen atoms in total. The Labute approximate surface area is 124 Å². The summed E-state index contributed by atoms with van der Waals surface area (Å²) in [5.74, 6) is -1.06. The fraction of sp³-hybridized carbons (Fsp3) is 0.688. The average Bonchev–Trinajstić information content (AvgIpc) is 2.47. The highest BCUT2D eigenvalue weighted by molar-refractivity contribution is 6.06. The first-order valence-electron chi connectivity index (χ1n) is 7.62. The molecule has 1 fully saturated rings. The molecule has 0 radical (unpaired) electrons. The predicted octanol–water partition coefficient (Wildman–Crippen LogP) is 2.19. The number of fused-ring (bicyclic) bond motifs is 1. The molecule has 5 heteroatoms. The summed E-state index contributed by atoms with van der Waals surface area (Å²) in [6.45, 7) is 3.97. The molecular weight excluding hydrogens is 272 g/mol. The standard InChI is InChI=1S/C16H22O5/c1-3-20-14(18)11-8-9-12-6-5-7-13(17)16(12,10-11)15(19)21-4-2/h8,12H,3-7,9-10H2,1-2H3/t12-,16-/m1/s1. The highest BCUT2D eigenvalue weighted by Crippen LogP contribution is 2.49. The molecule has 1 saturated carbocycles. The number of rotatable bonds is 4. The van der Waals surface area contributed by atoms with Crippen LogP contribution in [-0.4, -0.2) is 30.9 Å². The van der Waals surface area contributed by atoms with Crippen LogP contribution in [0.4, 0.5) is 0 Å². The van der Waals surface area contributed by atoms with Crippen LogP contribution in [0.15, 0.2) is 11.6 Å². The molecule has 0 unspecified atom stereocenters. The van der Waals surface area contributed by atoms with Crippen LogP contribution >= 0.6 is 0 Å². The van der Waals surface area contributed by atoms with E-state index >= 15 is 0 Å². The molecule has 0 aromatic carbocycles. The Morgan fingerprint density at radius 1 is 1.29 bits per heavy atom. The van der Waals surface area contributed by atoms with Crippen molar-refractivity contribution < 1.29 is 23.9 Å². The lowest BCUT2D eigenvalue weighted by Gasteiger charge is -2.42. The molecule has 0 aromatic rings. The van der Waals surface area contributed by atoms with Gasteiger partial charge in [0, 0.05) is 18.4 Å². The van der Waals surface area contributed by atoms with E-state index in [-0.39, 0.29) is 31.3 Å². The maximum atomic E-state index is 12.5. The van der Waals surface area contributed by atoms with E-state index in [0.717, 1.165) is 12.8 Å². The van der Waals surface area contributed by atoms with Crippen molar-refractivity contribution in [1.82, 2.24) is 0 Å². The van der Waals surface area contributed by atoms with Gasteiger partial charge in [-0.1, -0.05) is 6.08 Å². The number of allylic oxidation sites excluding steroid dienone is 1. The monoisotopic (exact) mass is 294 g/mol. The van der Waals surface area contributed by atoms with Crippen LogP contribution in [0.1, 0.15) is 46.0 Å². The van der Waals surface area contributed by atoms with Crippen molar-refractivity contribution in [3.63, 3.8) is 0 Å². The zero-order valence-electron chi connectivity index (χ0n) is 12.6. The number of esters is 2. The van der Waals surface area contributed by atoms with Crippen LogP contribution in [0.5, 0.6) is 0 Å². The summed E-state index contributed by atoms with van der Waals surface area (Å²) in [4.78, 5) is 36.9. The van der Waals surface area contributed by atoms with Gasteiger partial charge in [0.05, 0.1) is 13.2 Å². The number of hydrogen-bond donors (Lipinski definition) is 0. The number of carbonyl (C=O) groups is 3. The van der Waals surface area contributed by atoms with Crippen LogP contribution in [0, 0.1) is 11.3 Å². The second-order valence-electron chi connectivity index (χ2n) is 5.57. The van der Waals surface area contributed by atoms with Crippen LogP contribution < -0.4 is 0 Å². The second kappa shape index (κ2) is 6.41. The van der Waals surface area contributed by atoms with Crippen molar-refractivity contribution in [2.45, 2.75) is 46.0 Å². The minimum absolute atomic E-state index is 0.0593. The molecule has 0 bridgehead atoms. The van der Waals surface area contributed by atoms with Crippen LogP contribution in [0.3, 0.4) is 0 Å². The Morgan fingerprint density at radius 3 is 2.67 bits per heavy atom. The smallest absolute Gasteiger partial charge is 0.333 e. The average molecular weight is 294 g/mol. The van der Waals surface area contributed by atoms with Crippen molar-refractivity contribution in [1.29, 1.82) is 0 Å². The number of ketones is 1. The summed E-state index contributed by atoms with van der Waals surface area (Å²) in [6, 6.07) is 0. The third kappa shape index (κ3) is 2.74. The van der Waals surface area contributed by atoms with Crippen molar-refractivity contribution in [3.05, 3.63) is 11.6 Å². The quantitative estimate of drug-likeness (QED) is 0.587. The van der Waals surface area contributed by atoms with Gasteiger partial charge in [-0.2, -0.15) is 0 Å². The largest absolute Gasteiger partial charge is 0.465 e. The van der Waals surface area contributed by atoms with E-state index < -0.39 is 17.4 Å². The van der Waals surface area contributed by atoms with Gasteiger partial charge in [0.15, 0.2) is 5.78 Å². The first-order valence-corrected chi connectivity index (χ1v) is 7.62. The molecule has 2 atom stereocenters. The maximum absolute atomic E-state index is 12.5. The van der Waals surface area contributed by atoms with E-state index in [1.54, 1.807) is 13.8 Å². The van der Waals surface area contributed by atoms with Crippen molar-refractivity contribution in [2.75, 3.05) is 13.2 Å². The molecule has 2 aliphatic rings. The molecule has 116 valence electrons. The Hall–Kier alpha value is -1.65. The van der Waals surface area contributed by atoms with Gasteiger partial charge in [-0.25, -0.2) is 4.79 Å². The molecular formula is C16H22O5. The summed E-state index contributed by atoms with van der Waals surface area (Å²) in [6.07, 6.45) is 4.49. The highest BCUT2D eigenvalue weighted by Gasteiger charge is 2.56. The normalized spacial score (nSPS) is 28.4.